The molecule has 1 saturated heterocycles. The van der Waals surface area contributed by atoms with E-state index in [0.717, 1.165) is 5.56 Å². The molecule has 0 bridgehead atoms. The number of carbonyl (C=O) groups is 1. The summed E-state index contributed by atoms with van der Waals surface area (Å²) in [5.74, 6) is -2.62. The fourth-order valence-electron chi connectivity index (χ4n) is 2.63. The maximum atomic E-state index is 12.8. The van der Waals surface area contributed by atoms with Crippen molar-refractivity contribution in [1.82, 2.24) is 4.31 Å². The molecule has 0 radical (unpaired) electrons. The van der Waals surface area contributed by atoms with Gasteiger partial charge in [0.25, 0.3) is 0 Å². The molecule has 0 aromatic heterocycles. The Morgan fingerprint density at radius 1 is 1.25 bits per heavy atom. The maximum absolute atomic E-state index is 12.8. The Labute approximate surface area is 140 Å². The number of sulfonamides is 1. The van der Waals surface area contributed by atoms with Crippen LogP contribution < -0.4 is 0 Å². The summed E-state index contributed by atoms with van der Waals surface area (Å²) in [4.78, 5) is 10.9. The molecule has 1 aromatic rings. The van der Waals surface area contributed by atoms with Crippen LogP contribution >= 0.6 is 0 Å². The molecule has 8 nitrogen and oxygen atoms in total. The predicted molar refractivity (Wildman–Crippen MR) is 85.8 cm³/mol. The molecule has 10 heteroatoms. The van der Waals surface area contributed by atoms with E-state index in [9.17, 15) is 26.7 Å². The molecular weight excluding hydrogens is 358 g/mol. The number of rotatable bonds is 6. The van der Waals surface area contributed by atoms with Crippen molar-refractivity contribution in [3.05, 3.63) is 29.8 Å². The molecule has 0 spiro atoms. The van der Waals surface area contributed by atoms with Crippen LogP contribution in [0.2, 0.25) is 0 Å². The van der Waals surface area contributed by atoms with E-state index < -0.39 is 56.0 Å². The Hall–Kier alpha value is -1.49. The quantitative estimate of drug-likeness (QED) is 0.682. The number of carboxylic acid groups (broad SMARTS) is 1. The van der Waals surface area contributed by atoms with Crippen molar-refractivity contribution in [3.8, 4) is 0 Å². The molecule has 0 saturated carbocycles. The third kappa shape index (κ3) is 3.94. The lowest BCUT2D eigenvalue weighted by atomic mass is 10.2. The van der Waals surface area contributed by atoms with Gasteiger partial charge < -0.3 is 10.2 Å². The summed E-state index contributed by atoms with van der Waals surface area (Å²) in [6, 6.07) is 4.58. The normalized spacial score (nSPS) is 23.5. The predicted octanol–water partition coefficient (Wildman–Crippen LogP) is -0.518. The third-order valence-electron chi connectivity index (χ3n) is 3.89. The van der Waals surface area contributed by atoms with Crippen molar-refractivity contribution in [2.24, 2.45) is 0 Å². The topological polar surface area (TPSA) is 129 Å². The van der Waals surface area contributed by atoms with Crippen LogP contribution in [0.15, 0.2) is 29.2 Å². The van der Waals surface area contributed by atoms with E-state index in [-0.39, 0.29) is 4.90 Å². The van der Waals surface area contributed by atoms with E-state index in [4.69, 9.17) is 5.11 Å². The number of aryl methyl sites for hydroxylation is 1. The lowest BCUT2D eigenvalue weighted by Gasteiger charge is -2.27. The van der Waals surface area contributed by atoms with Crippen LogP contribution in [0, 0.1) is 0 Å². The van der Waals surface area contributed by atoms with Crippen molar-refractivity contribution < 1.29 is 31.8 Å². The second-order valence-corrected chi connectivity index (χ2v) is 9.70. The van der Waals surface area contributed by atoms with Crippen LogP contribution in [0.5, 0.6) is 0 Å². The van der Waals surface area contributed by atoms with E-state index >= 15 is 0 Å². The molecule has 1 aliphatic rings. The molecule has 0 amide bonds. The molecule has 0 aliphatic carbocycles. The monoisotopic (exact) mass is 377 g/mol. The minimum absolute atomic E-state index is 0.141. The average molecular weight is 377 g/mol. The number of nitrogens with zero attached hydrogens (tertiary/aromatic N) is 1. The van der Waals surface area contributed by atoms with Gasteiger partial charge in [0.15, 0.2) is 9.84 Å². The van der Waals surface area contributed by atoms with Gasteiger partial charge in [-0.3, -0.25) is 4.79 Å². The first kappa shape index (κ1) is 18.8. The molecule has 1 fully saturated rings. The Balaban J connectivity index is 2.44. The second kappa shape index (κ2) is 6.79. The SMILES string of the molecule is CCc1ccc(S(=O)(=O)N(CC(=O)O)[C@@H]2CS(=O)(=O)C[C@@H]2O)cc1. The first-order valence-electron chi connectivity index (χ1n) is 7.28. The first-order chi connectivity index (χ1) is 11.1. The summed E-state index contributed by atoms with van der Waals surface area (Å²) >= 11 is 0. The van der Waals surface area contributed by atoms with Gasteiger partial charge in [-0.05, 0) is 24.1 Å². The molecule has 1 aliphatic heterocycles. The lowest BCUT2D eigenvalue weighted by molar-refractivity contribution is -0.137. The molecule has 2 atom stereocenters. The fraction of sp³-hybridized carbons (Fsp3) is 0.500. The zero-order valence-electron chi connectivity index (χ0n) is 13.0. The summed E-state index contributed by atoms with van der Waals surface area (Å²) in [5, 5.41) is 18.9. The summed E-state index contributed by atoms with van der Waals surface area (Å²) < 4.78 is 49.4. The van der Waals surface area contributed by atoms with E-state index in [1.54, 1.807) is 12.1 Å². The highest BCUT2D eigenvalue weighted by atomic mass is 32.2. The highest BCUT2D eigenvalue weighted by Crippen LogP contribution is 2.25. The smallest absolute Gasteiger partial charge is 0.318 e. The highest BCUT2D eigenvalue weighted by molar-refractivity contribution is 7.92. The molecular formula is C14H19NO7S2. The van der Waals surface area contributed by atoms with Gasteiger partial charge in [-0.25, -0.2) is 16.8 Å². The summed E-state index contributed by atoms with van der Waals surface area (Å²) in [7, 11) is -7.89. The zero-order chi connectivity index (χ0) is 18.1. The van der Waals surface area contributed by atoms with Gasteiger partial charge in [0, 0.05) is 0 Å². The number of hydrogen-bond donors (Lipinski definition) is 2. The van der Waals surface area contributed by atoms with Crippen molar-refractivity contribution >= 4 is 25.8 Å². The minimum atomic E-state index is -4.26. The molecule has 24 heavy (non-hydrogen) atoms. The van der Waals surface area contributed by atoms with E-state index in [1.165, 1.54) is 12.1 Å². The van der Waals surface area contributed by atoms with Gasteiger partial charge in [-0.15, -0.1) is 0 Å². The van der Waals surface area contributed by atoms with Crippen LogP contribution in [0.4, 0.5) is 0 Å². The molecule has 2 N–H and O–H groups in total. The van der Waals surface area contributed by atoms with Crippen molar-refractivity contribution in [2.45, 2.75) is 30.4 Å². The van der Waals surface area contributed by atoms with Crippen LogP contribution in [0.1, 0.15) is 12.5 Å². The van der Waals surface area contributed by atoms with Gasteiger partial charge in [-0.2, -0.15) is 4.31 Å². The van der Waals surface area contributed by atoms with Gasteiger partial charge >= 0.3 is 5.97 Å². The molecule has 2 rings (SSSR count). The number of hydrogen-bond acceptors (Lipinski definition) is 6. The van der Waals surface area contributed by atoms with Gasteiger partial charge in [0.2, 0.25) is 10.0 Å². The Bertz CT molecular complexity index is 815. The Morgan fingerprint density at radius 3 is 2.25 bits per heavy atom. The Kier molecular flexibility index (Phi) is 5.33. The number of carboxylic acids is 1. The Morgan fingerprint density at radius 2 is 1.83 bits per heavy atom. The molecule has 1 aromatic carbocycles. The zero-order valence-corrected chi connectivity index (χ0v) is 14.6. The van der Waals surface area contributed by atoms with E-state index in [1.807, 2.05) is 6.92 Å². The minimum Gasteiger partial charge on any atom is -0.480 e. The number of aliphatic hydroxyl groups excluding tert-OH is 1. The van der Waals surface area contributed by atoms with Crippen LogP contribution in [0.3, 0.4) is 0 Å². The number of aliphatic hydroxyl groups is 1. The second-order valence-electron chi connectivity index (χ2n) is 5.65. The number of aliphatic carboxylic acids is 1. The number of benzene rings is 1. The van der Waals surface area contributed by atoms with E-state index in [0.29, 0.717) is 10.7 Å². The van der Waals surface area contributed by atoms with Crippen LogP contribution in [-0.2, 0) is 31.1 Å². The lowest BCUT2D eigenvalue weighted by Crippen LogP contribution is -2.48. The van der Waals surface area contributed by atoms with Crippen molar-refractivity contribution in [2.75, 3.05) is 18.1 Å². The van der Waals surface area contributed by atoms with E-state index in [2.05, 4.69) is 0 Å². The van der Waals surface area contributed by atoms with Gasteiger partial charge in [0.1, 0.15) is 6.54 Å². The summed E-state index contributed by atoms with van der Waals surface area (Å²) in [6.45, 7) is 0.981. The largest absolute Gasteiger partial charge is 0.480 e. The third-order valence-corrected chi connectivity index (χ3v) is 7.48. The van der Waals surface area contributed by atoms with Crippen molar-refractivity contribution in [1.29, 1.82) is 0 Å². The molecule has 0 unspecified atom stereocenters. The van der Waals surface area contributed by atoms with Crippen LogP contribution in [0.25, 0.3) is 0 Å². The first-order valence-corrected chi connectivity index (χ1v) is 10.5. The average Bonchev–Trinajstić information content (AvgIpc) is 2.77. The highest BCUT2D eigenvalue weighted by Gasteiger charge is 2.45. The summed E-state index contributed by atoms with van der Waals surface area (Å²) in [5.41, 5.74) is 0.905. The number of sulfone groups is 1. The van der Waals surface area contributed by atoms with Gasteiger partial charge in [0.05, 0.1) is 28.5 Å². The summed E-state index contributed by atoms with van der Waals surface area (Å²) in [6.07, 6.45) is -0.752. The fourth-order valence-corrected chi connectivity index (χ4v) is 6.13. The standard InChI is InChI=1S/C14H19NO7S2/c1-2-10-3-5-11(6-4-10)24(21,22)15(7-14(17)18)12-8-23(19,20)9-13(12)16/h3-6,12-13,16H,2,7-9H2,1H3,(H,17,18)/t12-,13+/m1/s1. The maximum Gasteiger partial charge on any atom is 0.318 e. The molecule has 134 valence electrons. The molecule has 1 heterocycles. The van der Waals surface area contributed by atoms with Gasteiger partial charge in [-0.1, -0.05) is 19.1 Å². The van der Waals surface area contributed by atoms with Crippen LogP contribution in [-0.4, -0.2) is 67.5 Å². The van der Waals surface area contributed by atoms with Crippen molar-refractivity contribution in [3.63, 3.8) is 0 Å².